The van der Waals surface area contributed by atoms with Crippen molar-refractivity contribution in [1.82, 2.24) is 0 Å². The van der Waals surface area contributed by atoms with Crippen molar-refractivity contribution in [3.63, 3.8) is 0 Å². The lowest BCUT2D eigenvalue weighted by molar-refractivity contribution is 0.199. The summed E-state index contributed by atoms with van der Waals surface area (Å²) in [5.74, 6) is 0.411. The molecule has 106 valence electrons. The van der Waals surface area contributed by atoms with Gasteiger partial charge in [0.1, 0.15) is 0 Å². The molecule has 0 amide bonds. The van der Waals surface area contributed by atoms with Gasteiger partial charge in [0.05, 0.1) is 28.3 Å². The molecule has 0 saturated carbocycles. The first-order chi connectivity index (χ1) is 8.89. The quantitative estimate of drug-likeness (QED) is 0.908. The number of benzene rings is 1. The molecule has 1 aromatic carbocycles. The van der Waals surface area contributed by atoms with Crippen LogP contribution in [0.25, 0.3) is 0 Å². The summed E-state index contributed by atoms with van der Waals surface area (Å²) in [5, 5.41) is 10.1. The highest BCUT2D eigenvalue weighted by atomic mass is 35.5. The molecule has 1 saturated heterocycles. The molecule has 1 heterocycles. The van der Waals surface area contributed by atoms with Gasteiger partial charge in [0.25, 0.3) is 0 Å². The summed E-state index contributed by atoms with van der Waals surface area (Å²) in [5.41, 5.74) is 1.60. The van der Waals surface area contributed by atoms with Crippen molar-refractivity contribution in [3.05, 3.63) is 28.8 Å². The van der Waals surface area contributed by atoms with E-state index in [2.05, 4.69) is 0 Å². The number of hydrogen-bond donors (Lipinski definition) is 1. The number of halogens is 1. The maximum atomic E-state index is 11.6. The Bertz CT molecular complexity index is 557. The van der Waals surface area contributed by atoms with Gasteiger partial charge in [0.15, 0.2) is 9.84 Å². The average Bonchev–Trinajstić information content (AvgIpc) is 2.50. The van der Waals surface area contributed by atoms with Crippen molar-refractivity contribution in [2.75, 3.05) is 29.5 Å². The molecule has 1 N–H and O–H groups in total. The smallest absolute Gasteiger partial charge is 0.152 e. The topological polar surface area (TPSA) is 57.6 Å². The van der Waals surface area contributed by atoms with E-state index in [9.17, 15) is 13.5 Å². The molecule has 1 aromatic rings. The summed E-state index contributed by atoms with van der Waals surface area (Å²) in [6.45, 7) is 2.84. The fourth-order valence-electron chi connectivity index (χ4n) is 2.22. The minimum atomic E-state index is -2.92. The summed E-state index contributed by atoms with van der Waals surface area (Å²) in [7, 11) is -2.92. The first-order valence-electron chi connectivity index (χ1n) is 6.32. The number of nitrogens with zero attached hydrogens (tertiary/aromatic N) is 1. The lowest BCUT2D eigenvalue weighted by Gasteiger charge is -2.23. The number of aliphatic hydroxyl groups is 1. The van der Waals surface area contributed by atoms with Crippen LogP contribution in [0.2, 0.25) is 5.02 Å². The van der Waals surface area contributed by atoms with Gasteiger partial charge in [-0.2, -0.15) is 0 Å². The zero-order valence-corrected chi connectivity index (χ0v) is 12.4. The normalized spacial score (nSPS) is 20.9. The third-order valence-corrected chi connectivity index (χ3v) is 5.37. The van der Waals surface area contributed by atoms with Gasteiger partial charge in [0.2, 0.25) is 0 Å². The second-order valence-corrected chi connectivity index (χ2v) is 7.59. The van der Waals surface area contributed by atoms with Crippen molar-refractivity contribution in [2.24, 2.45) is 0 Å². The molecule has 1 aliphatic heterocycles. The third-order valence-electron chi connectivity index (χ3n) is 3.35. The van der Waals surface area contributed by atoms with E-state index in [1.54, 1.807) is 13.0 Å². The number of rotatable bonds is 2. The summed E-state index contributed by atoms with van der Waals surface area (Å²) >= 11 is 6.23. The van der Waals surface area contributed by atoms with Crippen LogP contribution < -0.4 is 4.90 Å². The van der Waals surface area contributed by atoms with Gasteiger partial charge in [-0.15, -0.1) is 0 Å². The maximum absolute atomic E-state index is 11.6. The minimum Gasteiger partial charge on any atom is -0.389 e. The molecular weight excluding hydrogens is 286 g/mol. The van der Waals surface area contributed by atoms with E-state index in [1.807, 2.05) is 17.0 Å². The predicted octanol–water partition coefficient (Wildman–Crippen LogP) is 2.02. The summed E-state index contributed by atoms with van der Waals surface area (Å²) in [6, 6.07) is 5.41. The monoisotopic (exact) mass is 303 g/mol. The summed E-state index contributed by atoms with van der Waals surface area (Å²) in [4.78, 5) is 2.00. The highest BCUT2D eigenvalue weighted by Gasteiger charge is 2.20. The Morgan fingerprint density at radius 1 is 1.32 bits per heavy atom. The van der Waals surface area contributed by atoms with Gasteiger partial charge in [-0.25, -0.2) is 8.42 Å². The largest absolute Gasteiger partial charge is 0.389 e. The SMILES string of the molecule is C[C@H](O)c1ccc(N2CCCS(=O)(=O)CC2)c(Cl)c1. The average molecular weight is 304 g/mol. The van der Waals surface area contributed by atoms with Crippen LogP contribution in [-0.4, -0.2) is 38.1 Å². The van der Waals surface area contributed by atoms with Gasteiger partial charge < -0.3 is 10.0 Å². The fourth-order valence-corrected chi connectivity index (χ4v) is 3.80. The van der Waals surface area contributed by atoms with E-state index in [1.165, 1.54) is 0 Å². The van der Waals surface area contributed by atoms with Crippen molar-refractivity contribution in [1.29, 1.82) is 0 Å². The predicted molar refractivity (Wildman–Crippen MR) is 77.6 cm³/mol. The summed E-state index contributed by atoms with van der Waals surface area (Å²) < 4.78 is 23.2. The Morgan fingerprint density at radius 3 is 2.68 bits per heavy atom. The van der Waals surface area contributed by atoms with Gasteiger partial charge in [0, 0.05) is 13.1 Å². The van der Waals surface area contributed by atoms with Crippen LogP contribution in [0, 0.1) is 0 Å². The number of aliphatic hydroxyl groups excluding tert-OH is 1. The molecule has 1 aliphatic rings. The molecule has 19 heavy (non-hydrogen) atoms. The molecule has 0 unspecified atom stereocenters. The lowest BCUT2D eigenvalue weighted by atomic mass is 10.1. The second-order valence-electron chi connectivity index (χ2n) is 4.88. The van der Waals surface area contributed by atoms with Gasteiger partial charge >= 0.3 is 0 Å². The standard InChI is InChI=1S/C13H18ClNO3S/c1-10(16)11-3-4-13(12(14)9-11)15-5-2-7-19(17,18)8-6-15/h3-4,9-10,16H,2,5-8H2,1H3/t10-/m0/s1. The van der Waals surface area contributed by atoms with Crippen LogP contribution in [0.1, 0.15) is 25.0 Å². The Hall–Kier alpha value is -0.780. The molecule has 6 heteroatoms. The Labute approximate surface area is 118 Å². The van der Waals surface area contributed by atoms with Crippen LogP contribution in [0.15, 0.2) is 18.2 Å². The molecule has 0 aliphatic carbocycles. The van der Waals surface area contributed by atoms with E-state index >= 15 is 0 Å². The van der Waals surface area contributed by atoms with E-state index < -0.39 is 15.9 Å². The van der Waals surface area contributed by atoms with Crippen LogP contribution in [-0.2, 0) is 9.84 Å². The molecule has 2 rings (SSSR count). The van der Waals surface area contributed by atoms with Gasteiger partial charge in [-0.3, -0.25) is 0 Å². The number of sulfone groups is 1. The molecule has 0 bridgehead atoms. The molecule has 1 fully saturated rings. The van der Waals surface area contributed by atoms with Crippen LogP contribution >= 0.6 is 11.6 Å². The van der Waals surface area contributed by atoms with E-state index in [-0.39, 0.29) is 11.5 Å². The molecule has 0 aromatic heterocycles. The highest BCUT2D eigenvalue weighted by Crippen LogP contribution is 2.29. The Kier molecular flexibility index (Phi) is 4.38. The third kappa shape index (κ3) is 3.61. The Balaban J connectivity index is 2.22. The first-order valence-corrected chi connectivity index (χ1v) is 8.52. The van der Waals surface area contributed by atoms with E-state index in [4.69, 9.17) is 11.6 Å². The van der Waals surface area contributed by atoms with E-state index in [0.717, 1.165) is 11.3 Å². The molecule has 0 radical (unpaired) electrons. The molecule has 4 nitrogen and oxygen atoms in total. The number of anilines is 1. The van der Waals surface area contributed by atoms with Crippen LogP contribution in [0.5, 0.6) is 0 Å². The second kappa shape index (κ2) is 5.69. The molecule has 1 atom stereocenters. The first kappa shape index (κ1) is 14.6. The van der Waals surface area contributed by atoms with Gasteiger partial charge in [-0.1, -0.05) is 17.7 Å². The maximum Gasteiger partial charge on any atom is 0.152 e. The van der Waals surface area contributed by atoms with Crippen LogP contribution in [0.3, 0.4) is 0 Å². The van der Waals surface area contributed by atoms with Gasteiger partial charge in [-0.05, 0) is 31.0 Å². The van der Waals surface area contributed by atoms with Crippen molar-refractivity contribution >= 4 is 27.1 Å². The fraction of sp³-hybridized carbons (Fsp3) is 0.538. The zero-order chi connectivity index (χ0) is 14.0. The van der Waals surface area contributed by atoms with Crippen molar-refractivity contribution < 1.29 is 13.5 Å². The molecule has 0 spiro atoms. The van der Waals surface area contributed by atoms with Crippen LogP contribution in [0.4, 0.5) is 5.69 Å². The summed E-state index contributed by atoms with van der Waals surface area (Å²) in [6.07, 6.45) is 0.0626. The minimum absolute atomic E-state index is 0.168. The molecular formula is C13H18ClNO3S. The van der Waals surface area contributed by atoms with Crippen molar-refractivity contribution in [3.8, 4) is 0 Å². The van der Waals surface area contributed by atoms with Crippen molar-refractivity contribution in [2.45, 2.75) is 19.4 Å². The highest BCUT2D eigenvalue weighted by molar-refractivity contribution is 7.91. The van der Waals surface area contributed by atoms with E-state index in [0.29, 0.717) is 24.5 Å². The number of hydrogen-bond acceptors (Lipinski definition) is 4. The lowest BCUT2D eigenvalue weighted by Crippen LogP contribution is -2.27. The zero-order valence-electron chi connectivity index (χ0n) is 10.8. The Morgan fingerprint density at radius 2 is 2.05 bits per heavy atom.